The molecule has 0 atom stereocenters. The summed E-state index contributed by atoms with van der Waals surface area (Å²) in [5.74, 6) is -0.840. The van der Waals surface area contributed by atoms with E-state index in [9.17, 15) is 23.3 Å². The van der Waals surface area contributed by atoms with E-state index in [4.69, 9.17) is 15.2 Å². The maximum atomic E-state index is 12.7. The molecule has 1 saturated heterocycles. The molecule has 0 amide bonds. The van der Waals surface area contributed by atoms with E-state index < -0.39 is 20.9 Å². The fraction of sp³-hybridized carbons (Fsp3) is 0.278. The van der Waals surface area contributed by atoms with E-state index in [1.807, 2.05) is 0 Å². The molecule has 0 unspecified atom stereocenters. The number of nitrogen functional groups attached to an aromatic ring is 1. The Morgan fingerprint density at radius 2 is 1.93 bits per heavy atom. The van der Waals surface area contributed by atoms with Crippen LogP contribution >= 0.6 is 0 Å². The fourth-order valence-corrected chi connectivity index (χ4v) is 4.27. The van der Waals surface area contributed by atoms with Gasteiger partial charge in [0.2, 0.25) is 10.0 Å². The average Bonchev–Trinajstić information content (AvgIpc) is 2.73. The Morgan fingerprint density at radius 1 is 1.21 bits per heavy atom. The van der Waals surface area contributed by atoms with Crippen LogP contribution in [0.4, 0.5) is 11.4 Å². The molecular weight excluding hydrogens is 402 g/mol. The van der Waals surface area contributed by atoms with Crippen LogP contribution in [0.25, 0.3) is 0 Å². The molecule has 0 bridgehead atoms. The Balaban J connectivity index is 1.73. The second-order valence-electron chi connectivity index (χ2n) is 6.27. The second-order valence-corrected chi connectivity index (χ2v) is 8.21. The first-order chi connectivity index (χ1) is 13.8. The van der Waals surface area contributed by atoms with Gasteiger partial charge in [-0.05, 0) is 23.8 Å². The number of carbonyl (C=O) groups excluding carboxylic acids is 1. The van der Waals surface area contributed by atoms with Crippen LogP contribution in [0.1, 0.15) is 15.9 Å². The number of sulfonamides is 1. The Morgan fingerprint density at radius 3 is 2.62 bits per heavy atom. The zero-order valence-electron chi connectivity index (χ0n) is 15.3. The molecule has 10 nitrogen and oxygen atoms in total. The minimum Gasteiger partial charge on any atom is -0.457 e. The summed E-state index contributed by atoms with van der Waals surface area (Å²) in [5.41, 5.74) is 5.79. The highest BCUT2D eigenvalue weighted by molar-refractivity contribution is 7.89. The molecule has 11 heteroatoms. The molecule has 1 aliphatic rings. The van der Waals surface area contributed by atoms with Gasteiger partial charge < -0.3 is 15.2 Å². The lowest BCUT2D eigenvalue weighted by Gasteiger charge is -2.26. The van der Waals surface area contributed by atoms with E-state index >= 15 is 0 Å². The van der Waals surface area contributed by atoms with Gasteiger partial charge in [-0.1, -0.05) is 12.1 Å². The van der Waals surface area contributed by atoms with Gasteiger partial charge in [0.25, 0.3) is 5.69 Å². The van der Waals surface area contributed by atoms with Gasteiger partial charge in [-0.25, -0.2) is 13.2 Å². The molecule has 0 aliphatic carbocycles. The Bertz CT molecular complexity index is 1030. The van der Waals surface area contributed by atoms with Crippen LogP contribution in [0.5, 0.6) is 0 Å². The number of ether oxygens (including phenoxy) is 2. The number of hydrogen-bond acceptors (Lipinski definition) is 8. The summed E-state index contributed by atoms with van der Waals surface area (Å²) >= 11 is 0. The van der Waals surface area contributed by atoms with Gasteiger partial charge in [0, 0.05) is 30.9 Å². The number of non-ortho nitro benzene ring substituents is 1. The molecule has 1 fully saturated rings. The van der Waals surface area contributed by atoms with Gasteiger partial charge in [-0.3, -0.25) is 10.1 Å². The summed E-state index contributed by atoms with van der Waals surface area (Å²) in [5, 5.41) is 10.9. The zero-order chi connectivity index (χ0) is 21.0. The average molecular weight is 421 g/mol. The number of anilines is 1. The molecule has 154 valence electrons. The number of carbonyl (C=O) groups is 1. The predicted octanol–water partition coefficient (Wildman–Crippen LogP) is 1.55. The largest absolute Gasteiger partial charge is 0.457 e. The number of rotatable bonds is 6. The third-order valence-corrected chi connectivity index (χ3v) is 6.24. The highest BCUT2D eigenvalue weighted by atomic mass is 32.2. The Labute approximate surface area is 167 Å². The molecule has 0 aromatic heterocycles. The number of nitro groups is 1. The van der Waals surface area contributed by atoms with E-state index in [-0.39, 0.29) is 41.5 Å². The molecule has 0 spiro atoms. The number of morpholine rings is 1. The van der Waals surface area contributed by atoms with Gasteiger partial charge in [-0.15, -0.1) is 0 Å². The third kappa shape index (κ3) is 4.70. The highest BCUT2D eigenvalue weighted by Crippen LogP contribution is 2.22. The maximum absolute atomic E-state index is 12.7. The lowest BCUT2D eigenvalue weighted by Crippen LogP contribution is -2.40. The van der Waals surface area contributed by atoms with Gasteiger partial charge in [0.15, 0.2) is 0 Å². The van der Waals surface area contributed by atoms with E-state index in [1.165, 1.54) is 28.6 Å². The van der Waals surface area contributed by atoms with Crippen LogP contribution in [0.3, 0.4) is 0 Å². The van der Waals surface area contributed by atoms with Crippen molar-refractivity contribution in [2.24, 2.45) is 0 Å². The van der Waals surface area contributed by atoms with Crippen molar-refractivity contribution in [1.82, 2.24) is 4.31 Å². The lowest BCUT2D eigenvalue weighted by molar-refractivity contribution is -0.384. The second kappa shape index (κ2) is 8.55. The standard InChI is InChI=1S/C18H19N3O7S/c19-17-5-4-14(21(23)24)11-16(17)18(22)28-12-13-2-1-3-15(10-13)29(25,26)20-6-8-27-9-7-20/h1-5,10-11H,6-9,12,19H2. The van der Waals surface area contributed by atoms with Crippen molar-refractivity contribution in [3.05, 3.63) is 63.7 Å². The quantitative estimate of drug-likeness (QED) is 0.320. The van der Waals surface area contributed by atoms with Crippen LogP contribution in [0.2, 0.25) is 0 Å². The first kappa shape index (κ1) is 20.7. The van der Waals surface area contributed by atoms with E-state index in [2.05, 4.69) is 0 Å². The van der Waals surface area contributed by atoms with Crippen molar-refractivity contribution in [3.8, 4) is 0 Å². The van der Waals surface area contributed by atoms with E-state index in [0.717, 1.165) is 6.07 Å². The molecule has 29 heavy (non-hydrogen) atoms. The summed E-state index contributed by atoms with van der Waals surface area (Å²) < 4.78 is 37.1. The van der Waals surface area contributed by atoms with Crippen molar-refractivity contribution in [2.75, 3.05) is 32.0 Å². The summed E-state index contributed by atoms with van der Waals surface area (Å²) in [4.78, 5) is 22.6. The number of benzene rings is 2. The van der Waals surface area contributed by atoms with Crippen molar-refractivity contribution in [1.29, 1.82) is 0 Å². The van der Waals surface area contributed by atoms with Gasteiger partial charge in [0.05, 0.1) is 28.6 Å². The molecule has 0 saturated carbocycles. The monoisotopic (exact) mass is 421 g/mol. The minimum absolute atomic E-state index is 0.0456. The molecule has 3 rings (SSSR count). The minimum atomic E-state index is -3.68. The number of nitrogens with two attached hydrogens (primary N) is 1. The van der Waals surface area contributed by atoms with Crippen molar-refractivity contribution in [2.45, 2.75) is 11.5 Å². The SMILES string of the molecule is Nc1ccc([N+](=O)[O-])cc1C(=O)OCc1cccc(S(=O)(=O)N2CCOCC2)c1. The van der Waals surface area contributed by atoms with Crippen molar-refractivity contribution < 1.29 is 27.6 Å². The van der Waals surface area contributed by atoms with Gasteiger partial charge in [0.1, 0.15) is 6.61 Å². The fourth-order valence-electron chi connectivity index (χ4n) is 2.79. The maximum Gasteiger partial charge on any atom is 0.340 e. The molecule has 0 radical (unpaired) electrons. The topological polar surface area (TPSA) is 142 Å². The number of nitrogens with zero attached hydrogens (tertiary/aromatic N) is 2. The molecular formula is C18H19N3O7S. The van der Waals surface area contributed by atoms with Crippen LogP contribution in [-0.2, 0) is 26.1 Å². The van der Waals surface area contributed by atoms with Gasteiger partial charge >= 0.3 is 5.97 Å². The van der Waals surface area contributed by atoms with Gasteiger partial charge in [-0.2, -0.15) is 4.31 Å². The van der Waals surface area contributed by atoms with Crippen LogP contribution in [-0.4, -0.2) is 49.9 Å². The number of nitro benzene ring substituents is 1. The van der Waals surface area contributed by atoms with Crippen LogP contribution in [0.15, 0.2) is 47.4 Å². The van der Waals surface area contributed by atoms with E-state index in [0.29, 0.717) is 18.8 Å². The normalized spacial score (nSPS) is 15.0. The predicted molar refractivity (Wildman–Crippen MR) is 103 cm³/mol. The van der Waals surface area contributed by atoms with E-state index in [1.54, 1.807) is 12.1 Å². The van der Waals surface area contributed by atoms with Crippen molar-refractivity contribution >= 4 is 27.4 Å². The molecule has 1 heterocycles. The zero-order valence-corrected chi connectivity index (χ0v) is 16.1. The summed E-state index contributed by atoms with van der Waals surface area (Å²) in [6, 6.07) is 9.54. The smallest absolute Gasteiger partial charge is 0.340 e. The first-order valence-corrected chi connectivity index (χ1v) is 10.1. The molecule has 2 aromatic carbocycles. The van der Waals surface area contributed by atoms with Crippen LogP contribution in [0, 0.1) is 10.1 Å². The lowest BCUT2D eigenvalue weighted by atomic mass is 10.1. The molecule has 2 aromatic rings. The third-order valence-electron chi connectivity index (χ3n) is 4.34. The number of esters is 1. The Kier molecular flexibility index (Phi) is 6.11. The summed E-state index contributed by atoms with van der Waals surface area (Å²) in [6.45, 7) is 0.997. The highest BCUT2D eigenvalue weighted by Gasteiger charge is 2.26. The summed E-state index contributed by atoms with van der Waals surface area (Å²) in [6.07, 6.45) is 0. The number of hydrogen-bond donors (Lipinski definition) is 1. The molecule has 2 N–H and O–H groups in total. The van der Waals surface area contributed by atoms with Crippen molar-refractivity contribution in [3.63, 3.8) is 0 Å². The summed E-state index contributed by atoms with van der Waals surface area (Å²) in [7, 11) is -3.68. The first-order valence-electron chi connectivity index (χ1n) is 8.67. The molecule has 1 aliphatic heterocycles. The van der Waals surface area contributed by atoms with Crippen LogP contribution < -0.4 is 5.73 Å². The Hall–Kier alpha value is -3.02.